The number of benzene rings is 1. The molecule has 302 valence electrons. The average Bonchev–Trinajstić information content (AvgIpc) is 3.62. The third-order valence-electron chi connectivity index (χ3n) is 11.4. The molecule has 1 aromatic heterocycles. The van der Waals surface area contributed by atoms with Crippen LogP contribution >= 0.6 is 11.3 Å². The molecular formula is C38H54N6O8S3. The Balaban J connectivity index is 1.35. The number of likely N-dealkylation sites (N-methyl/N-ethyl adjacent to an activating group) is 1. The van der Waals surface area contributed by atoms with Gasteiger partial charge < -0.3 is 20.9 Å². The second-order valence-electron chi connectivity index (χ2n) is 17.7. The van der Waals surface area contributed by atoms with Gasteiger partial charge in [0.1, 0.15) is 21.8 Å². The average molecular weight is 819 g/mol. The summed E-state index contributed by atoms with van der Waals surface area (Å²) in [7, 11) is -6.59. The van der Waals surface area contributed by atoms with E-state index in [0.717, 1.165) is 11.3 Å². The van der Waals surface area contributed by atoms with Gasteiger partial charge in [0.05, 0.1) is 4.90 Å². The van der Waals surface area contributed by atoms with Gasteiger partial charge in [0.2, 0.25) is 11.8 Å². The van der Waals surface area contributed by atoms with Crippen LogP contribution in [0, 0.1) is 34.0 Å². The fourth-order valence-electron chi connectivity index (χ4n) is 7.61. The van der Waals surface area contributed by atoms with Crippen molar-refractivity contribution in [2.45, 2.75) is 94.6 Å². The van der Waals surface area contributed by atoms with Gasteiger partial charge in [-0.05, 0) is 58.1 Å². The van der Waals surface area contributed by atoms with Crippen LogP contribution in [0.5, 0.6) is 0 Å². The lowest BCUT2D eigenvalue weighted by molar-refractivity contribution is -0.144. The van der Waals surface area contributed by atoms with Gasteiger partial charge in [0.15, 0.2) is 0 Å². The Hall–Kier alpha value is -3.80. The molecule has 7 atom stereocenters. The predicted molar refractivity (Wildman–Crippen MR) is 209 cm³/mol. The summed E-state index contributed by atoms with van der Waals surface area (Å²) < 4.78 is 56.0. The number of likely N-dealkylation sites (tertiary alicyclic amines) is 1. The van der Waals surface area contributed by atoms with Crippen LogP contribution in [-0.4, -0.2) is 93.6 Å². The Morgan fingerprint density at radius 3 is 2.15 bits per heavy atom. The number of rotatable bonds is 13. The van der Waals surface area contributed by atoms with Crippen LogP contribution in [0.1, 0.15) is 61.8 Å². The van der Waals surface area contributed by atoms with Crippen molar-refractivity contribution in [3.63, 3.8) is 0 Å². The summed E-state index contributed by atoms with van der Waals surface area (Å²) in [5.41, 5.74) is -3.28. The van der Waals surface area contributed by atoms with Gasteiger partial charge in [-0.15, -0.1) is 17.9 Å². The number of carbonyl (C=O) groups is 4. The molecular weight excluding hydrogens is 765 g/mol. The van der Waals surface area contributed by atoms with E-state index in [9.17, 15) is 36.0 Å². The number of thiophene rings is 1. The normalized spacial score (nSPS) is 25.6. The van der Waals surface area contributed by atoms with Gasteiger partial charge in [-0.1, -0.05) is 85.7 Å². The van der Waals surface area contributed by atoms with E-state index in [1.807, 2.05) is 34.6 Å². The number of hydrogen-bond donors (Lipinski definition) is 4. The first-order chi connectivity index (χ1) is 25.3. The van der Waals surface area contributed by atoms with Crippen LogP contribution in [0.25, 0.3) is 0 Å². The molecule has 4 N–H and O–H groups in total. The van der Waals surface area contributed by atoms with Gasteiger partial charge in [0.25, 0.3) is 26.0 Å². The Morgan fingerprint density at radius 2 is 1.62 bits per heavy atom. The van der Waals surface area contributed by atoms with Crippen LogP contribution in [-0.2, 0) is 34.4 Å². The summed E-state index contributed by atoms with van der Waals surface area (Å²) in [5.74, 6) is -2.79. The highest BCUT2D eigenvalue weighted by Crippen LogP contribution is 2.65. The van der Waals surface area contributed by atoms with E-state index in [-0.39, 0.29) is 45.9 Å². The molecule has 2 saturated carbocycles. The Morgan fingerprint density at radius 1 is 0.982 bits per heavy atom. The lowest BCUT2D eigenvalue weighted by Gasteiger charge is -2.39. The highest BCUT2D eigenvalue weighted by Gasteiger charge is 2.71. The number of urea groups is 1. The van der Waals surface area contributed by atoms with Crippen molar-refractivity contribution < 1.29 is 36.0 Å². The third-order valence-corrected chi connectivity index (χ3v) is 16.0. The SMILES string of the molecule is C=CC1C[C@]1(NC(=O)[C@@H]1[C@@H]2[C@H](CN1C(=O)C(NC(=O)N[C@H](CN(C)S(=O)(=O)c1cccs1)C(C)(C)C)C(C)(C)C)C2(C)C)C(=O)NS(=O)(=O)c1ccccc1. The van der Waals surface area contributed by atoms with Crippen molar-refractivity contribution in [2.75, 3.05) is 20.1 Å². The van der Waals surface area contributed by atoms with E-state index in [1.165, 1.54) is 52.7 Å². The van der Waals surface area contributed by atoms with Crippen molar-refractivity contribution in [2.24, 2.45) is 34.0 Å². The molecule has 5 amide bonds. The minimum atomic E-state index is -4.24. The molecule has 2 unspecified atom stereocenters. The Labute approximate surface area is 329 Å². The van der Waals surface area contributed by atoms with E-state index in [0.29, 0.717) is 0 Å². The Bertz CT molecular complexity index is 2040. The first-order valence-electron chi connectivity index (χ1n) is 18.2. The van der Waals surface area contributed by atoms with Crippen molar-refractivity contribution in [1.29, 1.82) is 0 Å². The maximum atomic E-state index is 14.6. The number of carbonyl (C=O) groups excluding carboxylic acids is 4. The maximum Gasteiger partial charge on any atom is 0.315 e. The number of hydrogen-bond acceptors (Lipinski definition) is 9. The quantitative estimate of drug-likeness (QED) is 0.221. The minimum absolute atomic E-state index is 0.0228. The lowest BCUT2D eigenvalue weighted by Crippen LogP contribution is -2.63. The first kappa shape index (κ1) is 42.3. The summed E-state index contributed by atoms with van der Waals surface area (Å²) >= 11 is 1.10. The van der Waals surface area contributed by atoms with Crippen molar-refractivity contribution >= 4 is 55.1 Å². The topological polar surface area (TPSA) is 191 Å². The molecule has 2 heterocycles. The summed E-state index contributed by atoms with van der Waals surface area (Å²) in [6.07, 6.45) is 1.62. The highest BCUT2D eigenvalue weighted by atomic mass is 32.2. The molecule has 1 saturated heterocycles. The molecule has 3 fully saturated rings. The molecule has 1 aliphatic heterocycles. The number of sulfonamides is 2. The van der Waals surface area contributed by atoms with E-state index in [1.54, 1.807) is 38.3 Å². The summed E-state index contributed by atoms with van der Waals surface area (Å²) in [5, 5.41) is 10.3. The summed E-state index contributed by atoms with van der Waals surface area (Å²) in [4.78, 5) is 57.7. The maximum absolute atomic E-state index is 14.6. The van der Waals surface area contributed by atoms with Gasteiger partial charge in [-0.3, -0.25) is 14.4 Å². The predicted octanol–water partition coefficient (Wildman–Crippen LogP) is 3.55. The molecule has 0 spiro atoms. The fourth-order valence-corrected chi connectivity index (χ4v) is 11.1. The van der Waals surface area contributed by atoms with Gasteiger partial charge >= 0.3 is 6.03 Å². The van der Waals surface area contributed by atoms with E-state index in [2.05, 4.69) is 27.3 Å². The van der Waals surface area contributed by atoms with Crippen LogP contribution in [0.2, 0.25) is 0 Å². The number of piperidine rings is 1. The van der Waals surface area contributed by atoms with Crippen molar-refractivity contribution in [1.82, 2.24) is 29.9 Å². The molecule has 2 aliphatic carbocycles. The second kappa shape index (κ2) is 14.6. The molecule has 1 aromatic carbocycles. The molecule has 0 bridgehead atoms. The molecule has 3 aliphatic rings. The van der Waals surface area contributed by atoms with E-state index >= 15 is 0 Å². The Kier molecular flexibility index (Phi) is 11.2. The number of fused-ring (bicyclic) bond motifs is 1. The molecule has 14 nitrogen and oxygen atoms in total. The molecule has 0 radical (unpaired) electrons. The third kappa shape index (κ3) is 8.35. The molecule has 2 aromatic rings. The number of nitrogens with one attached hydrogen (secondary N) is 4. The molecule has 55 heavy (non-hydrogen) atoms. The lowest BCUT2D eigenvalue weighted by atomic mass is 9.85. The molecule has 5 rings (SSSR count). The van der Waals surface area contributed by atoms with Crippen LogP contribution < -0.4 is 20.7 Å². The first-order valence-corrected chi connectivity index (χ1v) is 22.0. The minimum Gasteiger partial charge on any atom is -0.339 e. The monoisotopic (exact) mass is 818 g/mol. The van der Waals surface area contributed by atoms with Gasteiger partial charge in [-0.25, -0.2) is 26.4 Å². The van der Waals surface area contributed by atoms with Crippen molar-refractivity contribution in [3.05, 3.63) is 60.5 Å². The summed E-state index contributed by atoms with van der Waals surface area (Å²) in [6.45, 7) is 19.0. The smallest absolute Gasteiger partial charge is 0.315 e. The standard InChI is InChI=1S/C38H54N6O8S3/c1-11-23-20-38(23,33(47)42-54(49,50)24-16-13-12-14-17-24)41-31(45)29-28-25(37(28,8)9)21-44(29)32(46)30(36(5,6)7)40-34(48)39-26(35(2,3)4)22-43(10)55(51,52)27-18-15-19-53-27/h11-19,23,25-26,28-30H,1,20-22H2,2-10H3,(H,41,45)(H,42,47)(H2,39,40,48)/t23?,25-,26+,28-,29-,30?,38+/m0/s1. The van der Waals surface area contributed by atoms with Crippen molar-refractivity contribution in [3.8, 4) is 0 Å². The second-order valence-corrected chi connectivity index (χ2v) is 22.6. The van der Waals surface area contributed by atoms with Gasteiger partial charge in [-0.2, -0.15) is 4.31 Å². The zero-order chi connectivity index (χ0) is 41.1. The van der Waals surface area contributed by atoms with E-state index in [4.69, 9.17) is 0 Å². The van der Waals surface area contributed by atoms with Crippen LogP contribution in [0.15, 0.2) is 69.6 Å². The number of amides is 5. The zero-order valence-corrected chi connectivity index (χ0v) is 35.3. The van der Waals surface area contributed by atoms with Crippen LogP contribution in [0.3, 0.4) is 0 Å². The summed E-state index contributed by atoms with van der Waals surface area (Å²) in [6, 6.07) is 7.16. The zero-order valence-electron chi connectivity index (χ0n) is 32.9. The number of nitrogens with zero attached hydrogens (tertiary/aromatic N) is 2. The fraction of sp³-hybridized carbons (Fsp3) is 0.579. The largest absolute Gasteiger partial charge is 0.339 e. The highest BCUT2D eigenvalue weighted by molar-refractivity contribution is 7.91. The van der Waals surface area contributed by atoms with E-state index < -0.39 is 84.2 Å². The van der Waals surface area contributed by atoms with Crippen LogP contribution in [0.4, 0.5) is 4.79 Å². The van der Waals surface area contributed by atoms with Gasteiger partial charge in [0, 0.05) is 32.1 Å². The molecule has 17 heteroatoms.